The summed E-state index contributed by atoms with van der Waals surface area (Å²) in [6.07, 6.45) is 0. The molecule has 130 valence electrons. The average Bonchev–Trinajstić information content (AvgIpc) is 3.01. The normalized spacial score (nSPS) is 12.3. The highest BCUT2D eigenvalue weighted by Crippen LogP contribution is 2.40. The molecule has 0 aliphatic carbocycles. The highest BCUT2D eigenvalue weighted by atomic mass is 15.4. The first-order valence-electron chi connectivity index (χ1n) is 9.01. The van der Waals surface area contributed by atoms with Crippen molar-refractivity contribution < 1.29 is 0 Å². The molecule has 3 aromatic rings. The molecule has 0 amide bonds. The van der Waals surface area contributed by atoms with Crippen molar-refractivity contribution >= 4 is 5.69 Å². The van der Waals surface area contributed by atoms with Crippen LogP contribution < -0.4 is 4.90 Å². The zero-order valence-electron chi connectivity index (χ0n) is 15.7. The number of nitrogens with zero attached hydrogens (tertiary/aromatic N) is 4. The summed E-state index contributed by atoms with van der Waals surface area (Å²) in [6.45, 7) is 9.35. The first-order chi connectivity index (χ1) is 12.2. The van der Waals surface area contributed by atoms with Crippen LogP contribution in [0.25, 0.3) is 22.5 Å². The van der Waals surface area contributed by atoms with E-state index in [0.717, 1.165) is 23.5 Å². The Kier molecular flexibility index (Phi) is 4.88. The summed E-state index contributed by atoms with van der Waals surface area (Å²) in [5.41, 5.74) is 6.95. The number of hydrogen-bond donors (Lipinski definition) is 0. The lowest BCUT2D eigenvalue weighted by Gasteiger charge is -2.33. The van der Waals surface area contributed by atoms with Crippen molar-refractivity contribution in [2.45, 2.75) is 40.3 Å². The third-order valence-corrected chi connectivity index (χ3v) is 4.53. The molecule has 0 saturated carbocycles. The van der Waals surface area contributed by atoms with Crippen molar-refractivity contribution in [3.63, 3.8) is 0 Å². The maximum Gasteiger partial charge on any atom is 0.123 e. The SMILES string of the molecule is CC.CC(C)N1Cc2ccccc2-c2c(nnn2C)-c2ccccc21. The molecule has 4 heteroatoms. The summed E-state index contributed by atoms with van der Waals surface area (Å²) in [6, 6.07) is 17.5. The number of benzene rings is 2. The van der Waals surface area contributed by atoms with E-state index in [2.05, 4.69) is 77.6 Å². The van der Waals surface area contributed by atoms with Gasteiger partial charge in [-0.25, -0.2) is 4.68 Å². The van der Waals surface area contributed by atoms with E-state index in [0.29, 0.717) is 6.04 Å². The van der Waals surface area contributed by atoms with E-state index in [1.54, 1.807) is 0 Å². The van der Waals surface area contributed by atoms with Gasteiger partial charge in [-0.15, -0.1) is 5.10 Å². The van der Waals surface area contributed by atoms with Crippen molar-refractivity contribution in [3.8, 4) is 22.5 Å². The van der Waals surface area contributed by atoms with Gasteiger partial charge in [0.1, 0.15) is 5.69 Å². The number of aryl methyl sites for hydroxylation is 1. The number of anilines is 1. The third-order valence-electron chi connectivity index (χ3n) is 4.53. The van der Waals surface area contributed by atoms with Crippen LogP contribution in [-0.2, 0) is 13.6 Å². The number of rotatable bonds is 1. The van der Waals surface area contributed by atoms with Crippen LogP contribution in [0.1, 0.15) is 33.3 Å². The van der Waals surface area contributed by atoms with Crippen LogP contribution in [0.15, 0.2) is 48.5 Å². The highest BCUT2D eigenvalue weighted by molar-refractivity contribution is 5.88. The minimum absolute atomic E-state index is 0.405. The Bertz CT molecular complexity index is 864. The zero-order valence-corrected chi connectivity index (χ0v) is 15.7. The van der Waals surface area contributed by atoms with Crippen LogP contribution in [0.4, 0.5) is 5.69 Å². The molecule has 1 aliphatic heterocycles. The molecule has 0 saturated heterocycles. The van der Waals surface area contributed by atoms with Gasteiger partial charge < -0.3 is 4.90 Å². The van der Waals surface area contributed by atoms with Gasteiger partial charge in [-0.2, -0.15) is 0 Å². The maximum absolute atomic E-state index is 4.48. The van der Waals surface area contributed by atoms with E-state index in [1.807, 2.05) is 25.6 Å². The van der Waals surface area contributed by atoms with E-state index in [9.17, 15) is 0 Å². The molecule has 0 N–H and O–H groups in total. The maximum atomic E-state index is 4.48. The quantitative estimate of drug-likeness (QED) is 0.634. The number of para-hydroxylation sites is 1. The second kappa shape index (κ2) is 7.09. The smallest absolute Gasteiger partial charge is 0.123 e. The lowest BCUT2D eigenvalue weighted by molar-refractivity contribution is 0.682. The fourth-order valence-corrected chi connectivity index (χ4v) is 3.38. The Balaban J connectivity index is 0.000000880. The highest BCUT2D eigenvalue weighted by Gasteiger charge is 2.26. The predicted octanol–water partition coefficient (Wildman–Crippen LogP) is 4.90. The van der Waals surface area contributed by atoms with Crippen LogP contribution >= 0.6 is 0 Å². The average molecular weight is 334 g/mol. The Morgan fingerprint density at radius 2 is 1.56 bits per heavy atom. The molecule has 0 radical (unpaired) electrons. The molecule has 0 unspecified atom stereocenters. The van der Waals surface area contributed by atoms with Crippen LogP contribution in [0.3, 0.4) is 0 Å². The number of fused-ring (bicyclic) bond motifs is 5. The summed E-state index contributed by atoms with van der Waals surface area (Å²) in [5.74, 6) is 0. The van der Waals surface area contributed by atoms with Gasteiger partial charge >= 0.3 is 0 Å². The number of hydrogen-bond acceptors (Lipinski definition) is 3. The van der Waals surface area contributed by atoms with E-state index in [1.165, 1.54) is 16.8 Å². The summed E-state index contributed by atoms with van der Waals surface area (Å²) in [7, 11) is 1.97. The van der Waals surface area contributed by atoms with E-state index >= 15 is 0 Å². The molecule has 2 heterocycles. The molecule has 25 heavy (non-hydrogen) atoms. The Hall–Kier alpha value is -2.62. The molecule has 0 atom stereocenters. The van der Waals surface area contributed by atoms with Crippen LogP contribution in [-0.4, -0.2) is 21.0 Å². The van der Waals surface area contributed by atoms with Crippen molar-refractivity contribution in [1.82, 2.24) is 15.0 Å². The number of aromatic nitrogens is 3. The van der Waals surface area contributed by atoms with Gasteiger partial charge in [-0.3, -0.25) is 0 Å². The van der Waals surface area contributed by atoms with E-state index < -0.39 is 0 Å². The van der Waals surface area contributed by atoms with Crippen molar-refractivity contribution in [2.24, 2.45) is 7.05 Å². The molecule has 0 bridgehead atoms. The minimum atomic E-state index is 0.405. The lowest BCUT2D eigenvalue weighted by atomic mass is 9.95. The Morgan fingerprint density at radius 1 is 0.920 bits per heavy atom. The largest absolute Gasteiger partial charge is 0.364 e. The van der Waals surface area contributed by atoms with Crippen LogP contribution in [0.2, 0.25) is 0 Å². The first kappa shape index (κ1) is 17.2. The molecule has 0 spiro atoms. The Labute approximate surface area is 150 Å². The first-order valence-corrected chi connectivity index (χ1v) is 9.01. The minimum Gasteiger partial charge on any atom is -0.364 e. The fourth-order valence-electron chi connectivity index (χ4n) is 3.38. The zero-order chi connectivity index (χ0) is 18.0. The predicted molar refractivity (Wildman–Crippen MR) is 105 cm³/mol. The van der Waals surface area contributed by atoms with Gasteiger partial charge in [0.15, 0.2) is 0 Å². The molecule has 0 fully saturated rings. The molecule has 1 aromatic heterocycles. The van der Waals surface area contributed by atoms with Crippen LogP contribution in [0.5, 0.6) is 0 Å². The van der Waals surface area contributed by atoms with Crippen molar-refractivity contribution in [3.05, 3.63) is 54.1 Å². The van der Waals surface area contributed by atoms with Gasteiger partial charge in [0.2, 0.25) is 0 Å². The second-order valence-electron chi connectivity index (χ2n) is 6.31. The summed E-state index contributed by atoms with van der Waals surface area (Å²) in [5, 5.41) is 8.78. The molecular weight excluding hydrogens is 308 g/mol. The topological polar surface area (TPSA) is 34.0 Å². The summed E-state index contributed by atoms with van der Waals surface area (Å²) in [4.78, 5) is 2.44. The van der Waals surface area contributed by atoms with Gasteiger partial charge in [0, 0.05) is 36.4 Å². The van der Waals surface area contributed by atoms with Gasteiger partial charge in [-0.1, -0.05) is 61.5 Å². The summed E-state index contributed by atoms with van der Waals surface area (Å²) < 4.78 is 1.88. The molecule has 4 nitrogen and oxygen atoms in total. The van der Waals surface area contributed by atoms with Crippen molar-refractivity contribution in [2.75, 3.05) is 4.90 Å². The monoisotopic (exact) mass is 334 g/mol. The summed E-state index contributed by atoms with van der Waals surface area (Å²) >= 11 is 0. The lowest BCUT2D eigenvalue weighted by Crippen LogP contribution is -2.31. The standard InChI is InChI=1S/C19H20N4.C2H6/c1-13(2)23-12-14-8-4-5-9-15(14)19-18(20-21-22(19)3)16-10-6-7-11-17(16)23;1-2/h4-11,13H,12H2,1-3H3;1-2H3. The molecule has 2 aromatic carbocycles. The molecule has 4 rings (SSSR count). The Morgan fingerprint density at radius 3 is 2.28 bits per heavy atom. The second-order valence-corrected chi connectivity index (χ2v) is 6.31. The van der Waals surface area contributed by atoms with E-state index in [4.69, 9.17) is 0 Å². The van der Waals surface area contributed by atoms with Gasteiger partial charge in [0.05, 0.1) is 5.69 Å². The van der Waals surface area contributed by atoms with Crippen LogP contribution in [0, 0.1) is 0 Å². The molecule has 1 aliphatic rings. The molecular formula is C21H26N4. The fraction of sp³-hybridized carbons (Fsp3) is 0.333. The van der Waals surface area contributed by atoms with E-state index in [-0.39, 0.29) is 0 Å². The van der Waals surface area contributed by atoms with Gasteiger partial charge in [0.25, 0.3) is 0 Å². The third kappa shape index (κ3) is 2.93. The van der Waals surface area contributed by atoms with Gasteiger partial charge in [-0.05, 0) is 25.5 Å². The van der Waals surface area contributed by atoms with Crippen molar-refractivity contribution in [1.29, 1.82) is 0 Å².